The predicted molar refractivity (Wildman–Crippen MR) is 75.2 cm³/mol. The Morgan fingerprint density at radius 2 is 2.25 bits per heavy atom. The molecule has 1 aromatic carbocycles. The maximum absolute atomic E-state index is 12.0. The van der Waals surface area contributed by atoms with Crippen LogP contribution < -0.4 is 10.6 Å². The molecule has 0 aliphatic carbocycles. The summed E-state index contributed by atoms with van der Waals surface area (Å²) in [5, 5.41) is 10.2. The van der Waals surface area contributed by atoms with Gasteiger partial charge in [-0.3, -0.25) is 4.79 Å². The second-order valence-electron chi connectivity index (χ2n) is 4.93. The number of nitrogens with one attached hydrogen (secondary N) is 2. The van der Waals surface area contributed by atoms with Gasteiger partial charge in [-0.2, -0.15) is 5.10 Å². The Kier molecular flexibility index (Phi) is 3.73. The van der Waals surface area contributed by atoms with E-state index in [4.69, 9.17) is 0 Å². The van der Waals surface area contributed by atoms with Gasteiger partial charge in [0.15, 0.2) is 0 Å². The monoisotopic (exact) mass is 271 g/mol. The number of nitrogens with zero attached hydrogens (tertiary/aromatic N) is 3. The fourth-order valence-electron chi connectivity index (χ4n) is 2.33. The van der Waals surface area contributed by atoms with Crippen molar-refractivity contribution in [2.75, 3.05) is 11.9 Å². The van der Waals surface area contributed by atoms with E-state index in [2.05, 4.69) is 20.7 Å². The van der Waals surface area contributed by atoms with Crippen molar-refractivity contribution >= 4 is 11.6 Å². The zero-order valence-corrected chi connectivity index (χ0v) is 11.1. The van der Waals surface area contributed by atoms with E-state index in [0.717, 1.165) is 30.6 Å². The molecule has 1 aliphatic heterocycles. The molecule has 0 saturated carbocycles. The Balaban J connectivity index is 1.59. The van der Waals surface area contributed by atoms with Crippen LogP contribution >= 0.6 is 0 Å². The van der Waals surface area contributed by atoms with Crippen molar-refractivity contribution in [1.29, 1.82) is 0 Å². The fourth-order valence-corrected chi connectivity index (χ4v) is 2.33. The first-order valence-corrected chi connectivity index (χ1v) is 6.77. The molecule has 0 radical (unpaired) electrons. The molecule has 20 heavy (non-hydrogen) atoms. The summed E-state index contributed by atoms with van der Waals surface area (Å²) in [4.78, 5) is 15.9. The molecule has 1 aromatic heterocycles. The van der Waals surface area contributed by atoms with Crippen molar-refractivity contribution in [2.24, 2.45) is 0 Å². The van der Waals surface area contributed by atoms with E-state index in [1.165, 1.54) is 6.33 Å². The molecular weight excluding hydrogens is 254 g/mol. The lowest BCUT2D eigenvalue weighted by molar-refractivity contribution is -0.117. The summed E-state index contributed by atoms with van der Waals surface area (Å²) < 4.78 is 1.76. The van der Waals surface area contributed by atoms with E-state index in [1.807, 2.05) is 24.3 Å². The SMILES string of the molecule is O=C(Nc1ccc(Cn2cncn2)cc1)[C@@H]1CCCN1. The molecule has 0 spiro atoms. The van der Waals surface area contributed by atoms with Gasteiger partial charge in [0.25, 0.3) is 0 Å². The Hall–Kier alpha value is -2.21. The topological polar surface area (TPSA) is 71.8 Å². The first kappa shape index (κ1) is 12.8. The summed E-state index contributed by atoms with van der Waals surface area (Å²) in [5.74, 6) is 0.0477. The molecule has 1 atom stereocenters. The van der Waals surface area contributed by atoms with Gasteiger partial charge in [0.1, 0.15) is 12.7 Å². The van der Waals surface area contributed by atoms with Crippen molar-refractivity contribution in [2.45, 2.75) is 25.4 Å². The summed E-state index contributed by atoms with van der Waals surface area (Å²) in [6.45, 7) is 1.60. The second-order valence-corrected chi connectivity index (χ2v) is 4.93. The molecule has 104 valence electrons. The molecule has 2 heterocycles. The highest BCUT2D eigenvalue weighted by molar-refractivity contribution is 5.95. The summed E-state index contributed by atoms with van der Waals surface area (Å²) in [5.41, 5.74) is 1.94. The van der Waals surface area contributed by atoms with Crippen molar-refractivity contribution in [1.82, 2.24) is 20.1 Å². The van der Waals surface area contributed by atoms with Crippen LogP contribution in [0.4, 0.5) is 5.69 Å². The molecule has 2 aromatic rings. The molecule has 3 rings (SSSR count). The van der Waals surface area contributed by atoms with E-state index < -0.39 is 0 Å². The molecule has 2 N–H and O–H groups in total. The van der Waals surface area contributed by atoms with Gasteiger partial charge in [-0.15, -0.1) is 0 Å². The average Bonchev–Trinajstić information content (AvgIpc) is 3.13. The fraction of sp³-hybridized carbons (Fsp3) is 0.357. The number of benzene rings is 1. The predicted octanol–water partition coefficient (Wildman–Crippen LogP) is 1.02. The minimum Gasteiger partial charge on any atom is -0.325 e. The summed E-state index contributed by atoms with van der Waals surface area (Å²) >= 11 is 0. The van der Waals surface area contributed by atoms with Crippen LogP contribution in [0.25, 0.3) is 0 Å². The maximum Gasteiger partial charge on any atom is 0.241 e. The van der Waals surface area contributed by atoms with E-state index in [0.29, 0.717) is 6.54 Å². The molecule has 0 unspecified atom stereocenters. The minimum atomic E-state index is -0.0511. The van der Waals surface area contributed by atoms with Crippen LogP contribution in [0, 0.1) is 0 Å². The normalized spacial score (nSPS) is 18.1. The van der Waals surface area contributed by atoms with Crippen molar-refractivity contribution in [3.8, 4) is 0 Å². The Bertz CT molecular complexity index is 558. The summed E-state index contributed by atoms with van der Waals surface area (Å²) in [7, 11) is 0. The highest BCUT2D eigenvalue weighted by Gasteiger charge is 2.21. The van der Waals surface area contributed by atoms with Crippen LogP contribution in [0.1, 0.15) is 18.4 Å². The standard InChI is InChI=1S/C14H17N5O/c20-14(13-2-1-7-16-13)18-12-5-3-11(4-6-12)8-19-10-15-9-17-19/h3-6,9-10,13,16H,1-2,7-8H2,(H,18,20)/t13-/m0/s1. The van der Waals surface area contributed by atoms with Gasteiger partial charge in [-0.1, -0.05) is 12.1 Å². The minimum absolute atomic E-state index is 0.0477. The van der Waals surface area contributed by atoms with Crippen molar-refractivity contribution < 1.29 is 4.79 Å². The maximum atomic E-state index is 12.0. The third-order valence-electron chi connectivity index (χ3n) is 3.41. The lowest BCUT2D eigenvalue weighted by Gasteiger charge is -2.11. The van der Waals surface area contributed by atoms with Gasteiger partial charge in [0, 0.05) is 5.69 Å². The number of aromatic nitrogens is 3. The highest BCUT2D eigenvalue weighted by atomic mass is 16.2. The molecule has 6 nitrogen and oxygen atoms in total. The zero-order chi connectivity index (χ0) is 13.8. The van der Waals surface area contributed by atoms with E-state index >= 15 is 0 Å². The van der Waals surface area contributed by atoms with Gasteiger partial charge in [0.2, 0.25) is 5.91 Å². The zero-order valence-electron chi connectivity index (χ0n) is 11.1. The number of rotatable bonds is 4. The molecular formula is C14H17N5O. The lowest BCUT2D eigenvalue weighted by atomic mass is 10.2. The number of amides is 1. The van der Waals surface area contributed by atoms with Crippen LogP contribution in [0.15, 0.2) is 36.9 Å². The summed E-state index contributed by atoms with van der Waals surface area (Å²) in [6.07, 6.45) is 5.18. The van der Waals surface area contributed by atoms with Gasteiger partial charge < -0.3 is 10.6 Å². The number of hydrogen-bond donors (Lipinski definition) is 2. The van der Waals surface area contributed by atoms with Gasteiger partial charge in [-0.05, 0) is 37.1 Å². The van der Waals surface area contributed by atoms with Gasteiger partial charge in [-0.25, -0.2) is 9.67 Å². The van der Waals surface area contributed by atoms with Crippen molar-refractivity contribution in [3.63, 3.8) is 0 Å². The number of hydrogen-bond acceptors (Lipinski definition) is 4. The van der Waals surface area contributed by atoms with Crippen LogP contribution in [0.5, 0.6) is 0 Å². The molecule has 1 aliphatic rings. The lowest BCUT2D eigenvalue weighted by Crippen LogP contribution is -2.35. The number of carbonyl (C=O) groups excluding carboxylic acids is 1. The van der Waals surface area contributed by atoms with Gasteiger partial charge in [0.05, 0.1) is 12.6 Å². The van der Waals surface area contributed by atoms with E-state index in [-0.39, 0.29) is 11.9 Å². The van der Waals surface area contributed by atoms with Crippen molar-refractivity contribution in [3.05, 3.63) is 42.5 Å². The van der Waals surface area contributed by atoms with E-state index in [9.17, 15) is 4.79 Å². The highest BCUT2D eigenvalue weighted by Crippen LogP contribution is 2.13. The Morgan fingerprint density at radius 3 is 2.90 bits per heavy atom. The third-order valence-corrected chi connectivity index (χ3v) is 3.41. The van der Waals surface area contributed by atoms with Crippen LogP contribution in [0.2, 0.25) is 0 Å². The second kappa shape index (κ2) is 5.83. The quantitative estimate of drug-likeness (QED) is 0.871. The smallest absolute Gasteiger partial charge is 0.241 e. The van der Waals surface area contributed by atoms with Gasteiger partial charge >= 0.3 is 0 Å². The van der Waals surface area contributed by atoms with E-state index in [1.54, 1.807) is 11.0 Å². The molecule has 6 heteroatoms. The molecule has 1 saturated heterocycles. The summed E-state index contributed by atoms with van der Waals surface area (Å²) in [6, 6.07) is 7.75. The average molecular weight is 271 g/mol. The Labute approximate surface area is 117 Å². The Morgan fingerprint density at radius 1 is 1.40 bits per heavy atom. The first-order chi connectivity index (χ1) is 9.81. The number of anilines is 1. The van der Waals surface area contributed by atoms with Crippen LogP contribution in [-0.2, 0) is 11.3 Å². The number of carbonyl (C=O) groups is 1. The molecule has 0 bridgehead atoms. The molecule has 1 amide bonds. The van der Waals surface area contributed by atoms with Crippen LogP contribution in [0.3, 0.4) is 0 Å². The first-order valence-electron chi connectivity index (χ1n) is 6.77. The van der Waals surface area contributed by atoms with Crippen LogP contribution in [-0.4, -0.2) is 33.3 Å². The largest absolute Gasteiger partial charge is 0.325 e. The molecule has 1 fully saturated rings. The third kappa shape index (κ3) is 3.03.